The summed E-state index contributed by atoms with van der Waals surface area (Å²) < 4.78 is 0. The summed E-state index contributed by atoms with van der Waals surface area (Å²) >= 11 is 0. The van der Waals surface area contributed by atoms with Gasteiger partial charge in [0.05, 0.1) is 0 Å². The zero-order valence-electron chi connectivity index (χ0n) is 17.0. The second kappa shape index (κ2) is 12.1. The molecule has 1 amide bonds. The molecule has 0 saturated carbocycles. The molecular weight excluding hydrogens is 439 g/mol. The van der Waals surface area contributed by atoms with Crippen molar-refractivity contribution in [2.75, 3.05) is 26.2 Å². The third-order valence-electron chi connectivity index (χ3n) is 3.90. The highest BCUT2D eigenvalue weighted by Crippen LogP contribution is 2.16. The fraction of sp³-hybridized carbons (Fsp3) is 0.600. The molecule has 0 aromatic heterocycles. The van der Waals surface area contributed by atoms with E-state index in [1.54, 1.807) is 0 Å². The van der Waals surface area contributed by atoms with Crippen molar-refractivity contribution in [3.63, 3.8) is 0 Å². The molecule has 1 aromatic carbocycles. The predicted octanol–water partition coefficient (Wildman–Crippen LogP) is 3.43. The average molecular weight is 474 g/mol. The van der Waals surface area contributed by atoms with Crippen LogP contribution in [0.15, 0.2) is 29.3 Å². The third-order valence-corrected chi connectivity index (χ3v) is 3.90. The minimum absolute atomic E-state index is 0. The number of benzene rings is 1. The van der Waals surface area contributed by atoms with Crippen LogP contribution in [0.25, 0.3) is 0 Å². The Morgan fingerprint density at radius 3 is 2.19 bits per heavy atom. The molecule has 0 fully saturated rings. The van der Waals surface area contributed by atoms with Crippen LogP contribution < -0.4 is 16.0 Å². The number of guanidine groups is 1. The lowest BCUT2D eigenvalue weighted by Gasteiger charge is -2.18. The van der Waals surface area contributed by atoms with E-state index in [1.165, 1.54) is 11.1 Å². The van der Waals surface area contributed by atoms with Crippen LogP contribution in [-0.4, -0.2) is 38.0 Å². The van der Waals surface area contributed by atoms with Crippen molar-refractivity contribution in [2.24, 2.45) is 10.4 Å². The number of halogens is 1. The Morgan fingerprint density at radius 1 is 1.08 bits per heavy atom. The molecule has 1 unspecified atom stereocenters. The summed E-state index contributed by atoms with van der Waals surface area (Å²) in [6.07, 6.45) is 0. The van der Waals surface area contributed by atoms with Crippen molar-refractivity contribution in [1.82, 2.24) is 16.0 Å². The summed E-state index contributed by atoms with van der Waals surface area (Å²) in [4.78, 5) is 16.5. The van der Waals surface area contributed by atoms with Crippen LogP contribution in [0.1, 0.15) is 51.7 Å². The Labute approximate surface area is 175 Å². The highest BCUT2D eigenvalue weighted by molar-refractivity contribution is 14.0. The van der Waals surface area contributed by atoms with Crippen LogP contribution in [0.3, 0.4) is 0 Å². The molecule has 148 valence electrons. The molecule has 0 heterocycles. The van der Waals surface area contributed by atoms with Gasteiger partial charge in [0.25, 0.3) is 0 Å². The normalized spacial score (nSPS) is 12.8. The smallest absolute Gasteiger partial charge is 0.225 e. The summed E-state index contributed by atoms with van der Waals surface area (Å²) in [5.74, 6) is 1.20. The standard InChI is InChI=1S/C20H34N4O.HI/c1-7-21-19(23-13-12-22-18(25)20(4,5)6)24-14-16(3)17-10-8-15(2)9-11-17;/h8-11,16H,7,12-14H2,1-6H3,(H,22,25)(H2,21,23,24);1H. The lowest BCUT2D eigenvalue weighted by atomic mass is 9.96. The van der Waals surface area contributed by atoms with Crippen molar-refractivity contribution in [3.05, 3.63) is 35.4 Å². The number of hydrogen-bond acceptors (Lipinski definition) is 2. The van der Waals surface area contributed by atoms with E-state index in [1.807, 2.05) is 27.7 Å². The summed E-state index contributed by atoms with van der Waals surface area (Å²) in [7, 11) is 0. The zero-order valence-corrected chi connectivity index (χ0v) is 19.3. The fourth-order valence-electron chi connectivity index (χ4n) is 2.19. The highest BCUT2D eigenvalue weighted by Gasteiger charge is 2.20. The molecule has 0 aliphatic heterocycles. The first-order chi connectivity index (χ1) is 11.7. The Balaban J connectivity index is 0.00000625. The van der Waals surface area contributed by atoms with Gasteiger partial charge in [-0.25, -0.2) is 0 Å². The molecule has 1 aromatic rings. The molecule has 3 N–H and O–H groups in total. The van der Waals surface area contributed by atoms with Gasteiger partial charge in [-0.05, 0) is 19.4 Å². The maximum Gasteiger partial charge on any atom is 0.225 e. The number of nitrogens with zero attached hydrogens (tertiary/aromatic N) is 1. The van der Waals surface area contributed by atoms with E-state index >= 15 is 0 Å². The van der Waals surface area contributed by atoms with E-state index in [4.69, 9.17) is 0 Å². The van der Waals surface area contributed by atoms with Crippen molar-refractivity contribution in [3.8, 4) is 0 Å². The topological polar surface area (TPSA) is 65.5 Å². The van der Waals surface area contributed by atoms with Crippen molar-refractivity contribution < 1.29 is 4.79 Å². The molecule has 0 spiro atoms. The first kappa shape index (κ1) is 24.7. The number of aryl methyl sites for hydroxylation is 1. The quantitative estimate of drug-likeness (QED) is 0.246. The largest absolute Gasteiger partial charge is 0.357 e. The number of rotatable bonds is 7. The number of carbonyl (C=O) groups excluding carboxylic acids is 1. The second-order valence-electron chi connectivity index (χ2n) is 7.46. The van der Waals surface area contributed by atoms with Gasteiger partial charge in [-0.2, -0.15) is 0 Å². The van der Waals surface area contributed by atoms with Gasteiger partial charge in [0.1, 0.15) is 0 Å². The molecular formula is C20H35IN4O. The van der Waals surface area contributed by atoms with E-state index in [9.17, 15) is 4.79 Å². The van der Waals surface area contributed by atoms with Crippen LogP contribution in [-0.2, 0) is 4.79 Å². The molecule has 26 heavy (non-hydrogen) atoms. The predicted molar refractivity (Wildman–Crippen MR) is 121 cm³/mol. The van der Waals surface area contributed by atoms with Gasteiger partial charge in [-0.3, -0.25) is 9.79 Å². The lowest BCUT2D eigenvalue weighted by Crippen LogP contribution is -2.43. The number of hydrogen-bond donors (Lipinski definition) is 3. The van der Waals surface area contributed by atoms with Gasteiger partial charge in [-0.1, -0.05) is 57.5 Å². The van der Waals surface area contributed by atoms with Crippen LogP contribution >= 0.6 is 24.0 Å². The summed E-state index contributed by atoms with van der Waals surface area (Å²) in [6, 6.07) is 8.60. The lowest BCUT2D eigenvalue weighted by molar-refractivity contribution is -0.128. The van der Waals surface area contributed by atoms with Gasteiger partial charge in [-0.15, -0.1) is 24.0 Å². The Hall–Kier alpha value is -1.31. The highest BCUT2D eigenvalue weighted by atomic mass is 127. The third kappa shape index (κ3) is 9.40. The van der Waals surface area contributed by atoms with E-state index in [2.05, 4.69) is 59.1 Å². The van der Waals surface area contributed by atoms with Gasteiger partial charge in [0.15, 0.2) is 5.96 Å². The maximum atomic E-state index is 11.8. The fourth-order valence-corrected chi connectivity index (χ4v) is 2.19. The second-order valence-corrected chi connectivity index (χ2v) is 7.46. The number of carbonyl (C=O) groups is 1. The van der Waals surface area contributed by atoms with Gasteiger partial charge in [0, 0.05) is 37.5 Å². The maximum absolute atomic E-state index is 11.8. The molecule has 0 radical (unpaired) electrons. The van der Waals surface area contributed by atoms with E-state index in [-0.39, 0.29) is 35.3 Å². The molecule has 0 saturated heterocycles. The van der Waals surface area contributed by atoms with Crippen LogP contribution in [0.5, 0.6) is 0 Å². The summed E-state index contributed by atoms with van der Waals surface area (Å²) in [5.41, 5.74) is 2.21. The van der Waals surface area contributed by atoms with Gasteiger partial charge >= 0.3 is 0 Å². The molecule has 1 atom stereocenters. The van der Waals surface area contributed by atoms with Crippen LogP contribution in [0.2, 0.25) is 0 Å². The Kier molecular flexibility index (Phi) is 11.5. The number of aliphatic imine (C=N–C) groups is 1. The monoisotopic (exact) mass is 474 g/mol. The average Bonchev–Trinajstić information content (AvgIpc) is 2.55. The molecule has 0 aliphatic rings. The first-order valence-corrected chi connectivity index (χ1v) is 9.11. The zero-order chi connectivity index (χ0) is 18.9. The minimum atomic E-state index is -0.359. The molecule has 1 rings (SSSR count). The number of amides is 1. The van der Waals surface area contributed by atoms with Gasteiger partial charge < -0.3 is 16.0 Å². The van der Waals surface area contributed by atoms with Crippen molar-refractivity contribution in [1.29, 1.82) is 0 Å². The summed E-state index contributed by atoms with van der Waals surface area (Å²) in [6.45, 7) is 14.8. The molecule has 6 heteroatoms. The first-order valence-electron chi connectivity index (χ1n) is 9.11. The van der Waals surface area contributed by atoms with E-state index in [0.717, 1.165) is 12.5 Å². The molecule has 5 nitrogen and oxygen atoms in total. The van der Waals surface area contributed by atoms with Crippen molar-refractivity contribution >= 4 is 35.8 Å². The van der Waals surface area contributed by atoms with Crippen LogP contribution in [0, 0.1) is 12.3 Å². The molecule has 0 aliphatic carbocycles. The SMILES string of the molecule is CCNC(=NCC(C)c1ccc(C)cc1)NCCNC(=O)C(C)(C)C.I. The Morgan fingerprint density at radius 2 is 1.65 bits per heavy atom. The van der Waals surface area contributed by atoms with E-state index < -0.39 is 0 Å². The molecule has 0 bridgehead atoms. The summed E-state index contributed by atoms with van der Waals surface area (Å²) in [5, 5.41) is 9.44. The number of nitrogens with one attached hydrogen (secondary N) is 3. The minimum Gasteiger partial charge on any atom is -0.357 e. The van der Waals surface area contributed by atoms with Gasteiger partial charge in [0.2, 0.25) is 5.91 Å². The van der Waals surface area contributed by atoms with E-state index in [0.29, 0.717) is 25.6 Å². The van der Waals surface area contributed by atoms with Crippen LogP contribution in [0.4, 0.5) is 0 Å². The Bertz CT molecular complexity index is 564. The van der Waals surface area contributed by atoms with Crippen molar-refractivity contribution in [2.45, 2.75) is 47.5 Å².